The molecule has 1 N–H and O–H groups in total. The predicted molar refractivity (Wildman–Crippen MR) is 94.3 cm³/mol. The van der Waals surface area contributed by atoms with Gasteiger partial charge in [-0.25, -0.2) is 4.39 Å². The van der Waals surface area contributed by atoms with E-state index in [9.17, 15) is 22.4 Å². The van der Waals surface area contributed by atoms with Crippen molar-refractivity contribution < 1.29 is 22.4 Å². The van der Waals surface area contributed by atoms with Gasteiger partial charge in [0, 0.05) is 10.4 Å². The summed E-state index contributed by atoms with van der Waals surface area (Å²) >= 11 is 6.09. The number of nitrogens with one attached hydrogen (secondary N) is 1. The maximum absolute atomic E-state index is 13.9. The fraction of sp³-hybridized carbons (Fsp3) is 0.375. The molecule has 1 unspecified atom stereocenters. The van der Waals surface area contributed by atoms with Gasteiger partial charge in [0.15, 0.2) is 5.69 Å². The fourth-order valence-corrected chi connectivity index (χ4v) is 3.71. The Labute approximate surface area is 163 Å². The lowest BCUT2D eigenvalue weighted by atomic mass is 10.2. The number of hydrogen-bond acceptors (Lipinski definition) is 2. The first-order valence-electron chi connectivity index (χ1n) is 7.70. The molecule has 1 amide bonds. The zero-order valence-corrected chi connectivity index (χ0v) is 16.5. The maximum Gasteiger partial charge on any atom is 0.436 e. The zero-order valence-electron chi connectivity index (χ0n) is 13.4. The number of anilines is 1. The molecule has 1 aromatic carbocycles. The molecule has 3 rings (SSSR count). The van der Waals surface area contributed by atoms with E-state index in [4.69, 9.17) is 0 Å². The van der Waals surface area contributed by atoms with Crippen LogP contribution in [0.3, 0.4) is 0 Å². The van der Waals surface area contributed by atoms with Crippen molar-refractivity contribution in [1.29, 1.82) is 0 Å². The van der Waals surface area contributed by atoms with Crippen LogP contribution in [0.1, 0.15) is 43.1 Å². The Balaban J connectivity index is 1.91. The van der Waals surface area contributed by atoms with Crippen LogP contribution < -0.4 is 5.32 Å². The van der Waals surface area contributed by atoms with Crippen molar-refractivity contribution in [3.8, 4) is 0 Å². The molecule has 10 heteroatoms. The number of carbonyl (C=O) groups is 1. The number of benzene rings is 1. The van der Waals surface area contributed by atoms with E-state index in [0.717, 1.165) is 17.5 Å². The van der Waals surface area contributed by atoms with Gasteiger partial charge in [-0.1, -0.05) is 15.9 Å². The monoisotopic (exact) mass is 497 g/mol. The quantitative estimate of drug-likeness (QED) is 0.554. The molecule has 4 nitrogen and oxygen atoms in total. The van der Waals surface area contributed by atoms with Crippen LogP contribution in [0.2, 0.25) is 0 Å². The lowest BCUT2D eigenvalue weighted by Gasteiger charge is -2.16. The number of alkyl halides is 3. The van der Waals surface area contributed by atoms with Gasteiger partial charge in [0.25, 0.3) is 0 Å². The van der Waals surface area contributed by atoms with Gasteiger partial charge in [-0.3, -0.25) is 9.48 Å². The number of amides is 1. The number of aromatic nitrogens is 2. The summed E-state index contributed by atoms with van der Waals surface area (Å²) in [5.74, 6) is -1.38. The molecule has 0 aliphatic heterocycles. The van der Waals surface area contributed by atoms with Gasteiger partial charge in [-0.15, -0.1) is 0 Å². The second-order valence-corrected chi connectivity index (χ2v) is 7.76. The fourth-order valence-electron chi connectivity index (χ4n) is 2.57. The molecule has 1 fully saturated rings. The molecular formula is C16H13Br2F4N3O. The minimum absolute atomic E-state index is 0.0553. The molecular weight excluding hydrogens is 486 g/mol. The second kappa shape index (κ2) is 6.95. The smallest absolute Gasteiger partial charge is 0.322 e. The first-order chi connectivity index (χ1) is 12.1. The average molecular weight is 499 g/mol. The van der Waals surface area contributed by atoms with E-state index in [-0.39, 0.29) is 16.1 Å². The van der Waals surface area contributed by atoms with E-state index in [2.05, 4.69) is 42.3 Å². The van der Waals surface area contributed by atoms with E-state index in [1.165, 1.54) is 19.1 Å². The average Bonchev–Trinajstić information content (AvgIpc) is 3.30. The van der Waals surface area contributed by atoms with Crippen LogP contribution in [0, 0.1) is 5.82 Å². The van der Waals surface area contributed by atoms with Crippen molar-refractivity contribution in [3.63, 3.8) is 0 Å². The first-order valence-corrected chi connectivity index (χ1v) is 9.29. The number of hydrogen-bond donors (Lipinski definition) is 1. The molecule has 0 bridgehead atoms. The van der Waals surface area contributed by atoms with E-state index in [1.807, 2.05) is 0 Å². The van der Waals surface area contributed by atoms with E-state index >= 15 is 0 Å². The molecule has 2 aromatic rings. The zero-order chi connectivity index (χ0) is 19.2. The van der Waals surface area contributed by atoms with Gasteiger partial charge in [0.1, 0.15) is 11.9 Å². The Bertz CT molecular complexity index is 862. The molecule has 1 saturated carbocycles. The summed E-state index contributed by atoms with van der Waals surface area (Å²) in [6, 6.07) is 3.06. The van der Waals surface area contributed by atoms with Crippen LogP contribution in [0.4, 0.5) is 23.2 Å². The first kappa shape index (κ1) is 19.3. The molecule has 1 aliphatic rings. The lowest BCUT2D eigenvalue weighted by molar-refractivity contribution is -0.142. The number of rotatable bonds is 4. The molecule has 1 heterocycles. The van der Waals surface area contributed by atoms with Crippen LogP contribution in [0.5, 0.6) is 0 Å². The summed E-state index contributed by atoms with van der Waals surface area (Å²) in [5.41, 5.74) is -0.773. The Morgan fingerprint density at radius 3 is 2.54 bits per heavy atom. The third kappa shape index (κ3) is 3.80. The molecule has 0 saturated heterocycles. The maximum atomic E-state index is 13.9. The van der Waals surface area contributed by atoms with Crippen LogP contribution >= 0.6 is 31.9 Å². The van der Waals surface area contributed by atoms with Crippen LogP contribution in [-0.2, 0) is 11.0 Å². The molecule has 1 atom stereocenters. The Morgan fingerprint density at radius 1 is 1.35 bits per heavy atom. The van der Waals surface area contributed by atoms with Gasteiger partial charge < -0.3 is 5.32 Å². The van der Waals surface area contributed by atoms with Gasteiger partial charge in [-0.05, 0) is 53.9 Å². The van der Waals surface area contributed by atoms with Gasteiger partial charge in [0.2, 0.25) is 5.91 Å². The van der Waals surface area contributed by atoms with E-state index in [1.54, 1.807) is 6.07 Å². The highest BCUT2D eigenvalue weighted by Crippen LogP contribution is 2.47. The molecule has 1 aromatic heterocycles. The molecule has 140 valence electrons. The van der Waals surface area contributed by atoms with Crippen molar-refractivity contribution in [2.45, 2.75) is 37.9 Å². The van der Waals surface area contributed by atoms with E-state index < -0.39 is 29.6 Å². The van der Waals surface area contributed by atoms with Crippen molar-refractivity contribution in [3.05, 3.63) is 44.3 Å². The van der Waals surface area contributed by atoms with E-state index in [0.29, 0.717) is 10.2 Å². The normalized spacial score (nSPS) is 15.8. The lowest BCUT2D eigenvalue weighted by Crippen LogP contribution is -2.26. The Hall–Kier alpha value is -1.42. The van der Waals surface area contributed by atoms with Crippen LogP contribution in [0.15, 0.2) is 27.1 Å². The highest BCUT2D eigenvalue weighted by atomic mass is 79.9. The Morgan fingerprint density at radius 2 is 2.00 bits per heavy atom. The predicted octanol–water partition coefficient (Wildman–Crippen LogP) is 5.64. The Kier molecular flexibility index (Phi) is 5.17. The topological polar surface area (TPSA) is 46.9 Å². The molecule has 26 heavy (non-hydrogen) atoms. The van der Waals surface area contributed by atoms with Gasteiger partial charge in [0.05, 0.1) is 15.9 Å². The highest BCUT2D eigenvalue weighted by Gasteiger charge is 2.43. The third-order valence-electron chi connectivity index (χ3n) is 4.06. The van der Waals surface area contributed by atoms with Crippen molar-refractivity contribution >= 4 is 43.5 Å². The summed E-state index contributed by atoms with van der Waals surface area (Å²) in [5, 5.41) is 6.02. The summed E-state index contributed by atoms with van der Waals surface area (Å²) in [7, 11) is 0. The summed E-state index contributed by atoms with van der Waals surface area (Å²) in [6.07, 6.45) is -3.17. The molecule has 1 aliphatic carbocycles. The largest absolute Gasteiger partial charge is 0.436 e. The van der Waals surface area contributed by atoms with Crippen molar-refractivity contribution in [2.75, 3.05) is 5.32 Å². The van der Waals surface area contributed by atoms with Crippen LogP contribution in [0.25, 0.3) is 0 Å². The van der Waals surface area contributed by atoms with Gasteiger partial charge >= 0.3 is 6.18 Å². The highest BCUT2D eigenvalue weighted by molar-refractivity contribution is 9.10. The van der Waals surface area contributed by atoms with Crippen molar-refractivity contribution in [1.82, 2.24) is 9.78 Å². The number of nitrogens with zero attached hydrogens (tertiary/aromatic N) is 2. The summed E-state index contributed by atoms with van der Waals surface area (Å²) < 4.78 is 54.8. The third-order valence-corrected chi connectivity index (χ3v) is 5.33. The number of halogens is 6. The molecule has 0 spiro atoms. The summed E-state index contributed by atoms with van der Waals surface area (Å²) in [4.78, 5) is 12.5. The second-order valence-electron chi connectivity index (χ2n) is 6.05. The standard InChI is InChI=1S/C16H13Br2F4N3O/c1-7(15(26)23-11-5-4-9(17)6-10(11)19)25-13(8-2-3-8)12(18)14(24-25)16(20,21)22/h4-8H,2-3H2,1H3,(H,23,26). The van der Waals surface area contributed by atoms with Crippen molar-refractivity contribution in [2.24, 2.45) is 0 Å². The minimum Gasteiger partial charge on any atom is -0.322 e. The SMILES string of the molecule is CC(C(=O)Nc1ccc(Br)cc1F)n1nc(C(F)(F)F)c(Br)c1C1CC1. The molecule has 0 radical (unpaired) electrons. The minimum atomic E-state index is -4.64. The number of carbonyl (C=O) groups excluding carboxylic acids is 1. The van der Waals surface area contributed by atoms with Crippen LogP contribution in [-0.4, -0.2) is 15.7 Å². The summed E-state index contributed by atoms with van der Waals surface area (Å²) in [6.45, 7) is 1.43. The van der Waals surface area contributed by atoms with Gasteiger partial charge in [-0.2, -0.15) is 18.3 Å².